The molecule has 1 aromatic carbocycles. The molecule has 1 aliphatic rings. The highest BCUT2D eigenvalue weighted by Gasteiger charge is 2.30. The van der Waals surface area contributed by atoms with Crippen LogP contribution in [-0.2, 0) is 27.7 Å². The van der Waals surface area contributed by atoms with Crippen LogP contribution in [0.15, 0.2) is 59.1 Å². The van der Waals surface area contributed by atoms with Crippen LogP contribution in [0.4, 0.5) is 0 Å². The molecule has 31 heavy (non-hydrogen) atoms. The number of hydrogen-bond donors (Lipinski definition) is 0. The Balaban J connectivity index is 1.32. The van der Waals surface area contributed by atoms with E-state index < -0.39 is 10.0 Å². The van der Waals surface area contributed by atoms with Crippen molar-refractivity contribution in [3.05, 3.63) is 75.5 Å². The molecule has 1 aliphatic heterocycles. The summed E-state index contributed by atoms with van der Waals surface area (Å²) in [6, 6.07) is 10.8. The number of halogens is 1. The molecule has 0 saturated carbocycles. The first-order valence-corrected chi connectivity index (χ1v) is 12.5. The third kappa shape index (κ3) is 5.30. The maximum absolute atomic E-state index is 12.7. The third-order valence-corrected chi connectivity index (χ3v) is 8.05. The molecule has 1 saturated heterocycles. The van der Waals surface area contributed by atoms with Crippen molar-refractivity contribution in [3.63, 3.8) is 0 Å². The van der Waals surface area contributed by atoms with Gasteiger partial charge in [0.25, 0.3) is 0 Å². The molecule has 2 aromatic heterocycles. The Hall–Kier alpha value is -2.33. The van der Waals surface area contributed by atoms with Gasteiger partial charge in [-0.3, -0.25) is 9.78 Å². The fraction of sp³-hybridized carbons (Fsp3) is 0.286. The van der Waals surface area contributed by atoms with Gasteiger partial charge in [0.2, 0.25) is 15.9 Å². The van der Waals surface area contributed by atoms with Crippen molar-refractivity contribution < 1.29 is 13.2 Å². The molecule has 162 valence electrons. The molecule has 4 rings (SSSR count). The maximum atomic E-state index is 12.7. The number of amides is 1. The van der Waals surface area contributed by atoms with E-state index >= 15 is 0 Å². The van der Waals surface area contributed by atoms with Gasteiger partial charge in [-0.25, -0.2) is 13.4 Å². The smallest absolute Gasteiger partial charge is 0.244 e. The molecule has 0 N–H and O–H groups in total. The Morgan fingerprint density at radius 3 is 2.65 bits per heavy atom. The topological polar surface area (TPSA) is 83.5 Å². The van der Waals surface area contributed by atoms with Crippen LogP contribution in [0.3, 0.4) is 0 Å². The number of aromatic nitrogens is 2. The molecule has 1 fully saturated rings. The summed E-state index contributed by atoms with van der Waals surface area (Å²) in [4.78, 5) is 23.0. The Morgan fingerprint density at radius 2 is 1.94 bits per heavy atom. The Morgan fingerprint density at radius 1 is 1.13 bits per heavy atom. The van der Waals surface area contributed by atoms with E-state index in [1.54, 1.807) is 11.0 Å². The maximum Gasteiger partial charge on any atom is 0.244 e. The fourth-order valence-electron chi connectivity index (χ4n) is 3.43. The third-order valence-electron chi connectivity index (χ3n) is 5.04. The summed E-state index contributed by atoms with van der Waals surface area (Å²) in [6.07, 6.45) is 3.76. The molecule has 10 heteroatoms. The summed E-state index contributed by atoms with van der Waals surface area (Å²) in [7, 11) is -3.59. The average molecular weight is 477 g/mol. The number of rotatable bonds is 6. The standard InChI is InChI=1S/C21H21ClN4O3S2/c22-17-4-1-3-16(11-17)12-20-24-18(15-30-20)13-21(27)25-7-9-26(10-8-25)31(28,29)19-5-2-6-23-14-19/h1-6,11,14-15H,7-10,12-13H2. The Labute approximate surface area is 190 Å². The Bertz CT molecular complexity index is 1160. The van der Waals surface area contributed by atoms with Gasteiger partial charge >= 0.3 is 0 Å². The average Bonchev–Trinajstić information content (AvgIpc) is 3.21. The molecule has 0 spiro atoms. The second-order valence-corrected chi connectivity index (χ2v) is 10.5. The SMILES string of the molecule is O=C(Cc1csc(Cc2cccc(Cl)c2)n1)N1CCN(S(=O)(=O)c2cccnc2)CC1. The van der Waals surface area contributed by atoms with Crippen LogP contribution in [0.2, 0.25) is 5.02 Å². The largest absolute Gasteiger partial charge is 0.340 e. The number of nitrogens with zero attached hydrogens (tertiary/aromatic N) is 4. The van der Waals surface area contributed by atoms with Crippen LogP contribution in [0.25, 0.3) is 0 Å². The number of carbonyl (C=O) groups is 1. The van der Waals surface area contributed by atoms with Gasteiger partial charge in [0, 0.05) is 55.4 Å². The molecule has 0 radical (unpaired) electrons. The van der Waals surface area contributed by atoms with E-state index in [2.05, 4.69) is 9.97 Å². The molecule has 3 aromatic rings. The zero-order valence-electron chi connectivity index (χ0n) is 16.6. The second-order valence-electron chi connectivity index (χ2n) is 7.19. The molecule has 1 amide bonds. The number of piperazine rings is 1. The van der Waals surface area contributed by atoms with Gasteiger partial charge in [-0.2, -0.15) is 4.31 Å². The zero-order chi connectivity index (χ0) is 21.8. The van der Waals surface area contributed by atoms with Crippen LogP contribution >= 0.6 is 22.9 Å². The van der Waals surface area contributed by atoms with Crippen molar-refractivity contribution in [1.82, 2.24) is 19.2 Å². The van der Waals surface area contributed by atoms with Crippen molar-refractivity contribution in [2.45, 2.75) is 17.7 Å². The summed E-state index contributed by atoms with van der Waals surface area (Å²) in [6.45, 7) is 1.25. The Kier molecular flexibility index (Phi) is 6.66. The fourth-order valence-corrected chi connectivity index (χ4v) is 5.85. The van der Waals surface area contributed by atoms with Gasteiger partial charge in [-0.15, -0.1) is 11.3 Å². The lowest BCUT2D eigenvalue weighted by molar-refractivity contribution is -0.131. The van der Waals surface area contributed by atoms with E-state index in [1.807, 2.05) is 29.6 Å². The molecule has 0 unspecified atom stereocenters. The van der Waals surface area contributed by atoms with E-state index in [0.717, 1.165) is 16.3 Å². The van der Waals surface area contributed by atoms with Crippen LogP contribution < -0.4 is 0 Å². The lowest BCUT2D eigenvalue weighted by atomic mass is 10.2. The number of thiazole rings is 1. The van der Waals surface area contributed by atoms with Crippen molar-refractivity contribution in [2.24, 2.45) is 0 Å². The molecule has 0 atom stereocenters. The first-order valence-electron chi connectivity index (χ1n) is 9.77. The van der Waals surface area contributed by atoms with Gasteiger partial charge in [0.05, 0.1) is 17.1 Å². The summed E-state index contributed by atoms with van der Waals surface area (Å²) in [5.74, 6) is -0.0435. The minimum atomic E-state index is -3.59. The van der Waals surface area contributed by atoms with Crippen LogP contribution in [0.5, 0.6) is 0 Å². The van der Waals surface area contributed by atoms with Crippen LogP contribution in [-0.4, -0.2) is 59.7 Å². The minimum absolute atomic E-state index is 0.0435. The second kappa shape index (κ2) is 9.44. The highest BCUT2D eigenvalue weighted by molar-refractivity contribution is 7.89. The quantitative estimate of drug-likeness (QED) is 0.546. The predicted octanol–water partition coefficient (Wildman–Crippen LogP) is 2.86. The zero-order valence-corrected chi connectivity index (χ0v) is 19.0. The van der Waals surface area contributed by atoms with Crippen LogP contribution in [0.1, 0.15) is 16.3 Å². The summed E-state index contributed by atoms with van der Waals surface area (Å²) in [5, 5.41) is 3.52. The van der Waals surface area contributed by atoms with Gasteiger partial charge in [-0.05, 0) is 29.8 Å². The molecular weight excluding hydrogens is 456 g/mol. The summed E-state index contributed by atoms with van der Waals surface area (Å²) < 4.78 is 26.8. The molecular formula is C21H21ClN4O3S2. The number of hydrogen-bond acceptors (Lipinski definition) is 6. The van der Waals surface area contributed by atoms with E-state index in [-0.39, 0.29) is 30.3 Å². The first-order chi connectivity index (χ1) is 14.9. The van der Waals surface area contributed by atoms with Gasteiger partial charge in [-0.1, -0.05) is 23.7 Å². The molecule has 0 aliphatic carbocycles. The monoisotopic (exact) mass is 476 g/mol. The van der Waals surface area contributed by atoms with Crippen LogP contribution in [0, 0.1) is 0 Å². The number of sulfonamides is 1. The van der Waals surface area contributed by atoms with E-state index in [9.17, 15) is 13.2 Å². The highest BCUT2D eigenvalue weighted by Crippen LogP contribution is 2.20. The lowest BCUT2D eigenvalue weighted by Gasteiger charge is -2.33. The van der Waals surface area contributed by atoms with Gasteiger partial charge in [0.1, 0.15) is 4.90 Å². The minimum Gasteiger partial charge on any atom is -0.340 e. The van der Waals surface area contributed by atoms with E-state index in [0.29, 0.717) is 24.5 Å². The van der Waals surface area contributed by atoms with Crippen molar-refractivity contribution >= 4 is 38.9 Å². The van der Waals surface area contributed by atoms with E-state index in [4.69, 9.17) is 11.6 Å². The normalized spacial score (nSPS) is 15.2. The van der Waals surface area contributed by atoms with Crippen molar-refractivity contribution in [3.8, 4) is 0 Å². The molecule has 0 bridgehead atoms. The van der Waals surface area contributed by atoms with Crippen molar-refractivity contribution in [2.75, 3.05) is 26.2 Å². The number of benzene rings is 1. The summed E-state index contributed by atoms with van der Waals surface area (Å²) in [5.41, 5.74) is 1.81. The molecule has 7 nitrogen and oxygen atoms in total. The highest BCUT2D eigenvalue weighted by atomic mass is 35.5. The lowest BCUT2D eigenvalue weighted by Crippen LogP contribution is -2.50. The molecule has 3 heterocycles. The van der Waals surface area contributed by atoms with Gasteiger partial charge < -0.3 is 4.90 Å². The number of carbonyl (C=O) groups excluding carboxylic acids is 1. The van der Waals surface area contributed by atoms with E-state index in [1.165, 1.54) is 34.1 Å². The van der Waals surface area contributed by atoms with Gasteiger partial charge in [0.15, 0.2) is 0 Å². The first kappa shape index (κ1) is 21.9. The van der Waals surface area contributed by atoms with Crippen molar-refractivity contribution in [1.29, 1.82) is 0 Å². The number of pyridine rings is 1. The predicted molar refractivity (Wildman–Crippen MR) is 120 cm³/mol. The summed E-state index contributed by atoms with van der Waals surface area (Å²) >= 11 is 7.55.